The van der Waals surface area contributed by atoms with Crippen molar-refractivity contribution in [1.82, 2.24) is 10.2 Å². The lowest BCUT2D eigenvalue weighted by Gasteiger charge is -2.25. The second kappa shape index (κ2) is 5.35. The Balaban J connectivity index is 2.35. The van der Waals surface area contributed by atoms with Crippen LogP contribution in [0.15, 0.2) is 0 Å². The first-order chi connectivity index (χ1) is 6.65. The van der Waals surface area contributed by atoms with Gasteiger partial charge in [-0.1, -0.05) is 20.3 Å². The van der Waals surface area contributed by atoms with E-state index in [1.54, 1.807) is 0 Å². The second-order valence-corrected chi connectivity index (χ2v) is 4.37. The molecule has 1 heterocycles. The molecule has 0 saturated carbocycles. The number of carbonyl (C=O) groups is 1. The van der Waals surface area contributed by atoms with Crippen molar-refractivity contribution in [2.24, 2.45) is 5.92 Å². The maximum Gasteiger partial charge on any atom is 0.222 e. The van der Waals surface area contributed by atoms with E-state index in [0.29, 0.717) is 24.3 Å². The summed E-state index contributed by atoms with van der Waals surface area (Å²) >= 11 is 0. The molecule has 0 aliphatic carbocycles. The van der Waals surface area contributed by atoms with Crippen molar-refractivity contribution in [2.75, 3.05) is 20.1 Å². The minimum atomic E-state index is 0.299. The highest BCUT2D eigenvalue weighted by molar-refractivity contribution is 5.76. The zero-order valence-corrected chi connectivity index (χ0v) is 9.55. The van der Waals surface area contributed by atoms with Crippen molar-refractivity contribution >= 4 is 5.91 Å². The summed E-state index contributed by atoms with van der Waals surface area (Å²) in [6.07, 6.45) is 2.88. The van der Waals surface area contributed by atoms with Gasteiger partial charge in [0, 0.05) is 26.1 Å². The van der Waals surface area contributed by atoms with E-state index in [9.17, 15) is 4.79 Å². The second-order valence-electron chi connectivity index (χ2n) is 4.37. The molecule has 1 aliphatic heterocycles. The van der Waals surface area contributed by atoms with Crippen LogP contribution in [0.3, 0.4) is 0 Å². The van der Waals surface area contributed by atoms with Crippen molar-refractivity contribution in [3.8, 4) is 0 Å². The van der Waals surface area contributed by atoms with E-state index in [0.717, 1.165) is 25.9 Å². The van der Waals surface area contributed by atoms with Crippen LogP contribution in [0.2, 0.25) is 0 Å². The van der Waals surface area contributed by atoms with Crippen molar-refractivity contribution in [3.05, 3.63) is 0 Å². The van der Waals surface area contributed by atoms with Gasteiger partial charge >= 0.3 is 0 Å². The zero-order chi connectivity index (χ0) is 10.6. The van der Waals surface area contributed by atoms with Crippen LogP contribution >= 0.6 is 0 Å². The Hall–Kier alpha value is -0.570. The molecule has 1 aliphatic rings. The number of hydrogen-bond acceptors (Lipinski definition) is 2. The molecule has 1 rings (SSSR count). The summed E-state index contributed by atoms with van der Waals surface area (Å²) in [5, 5.41) is 3.28. The summed E-state index contributed by atoms with van der Waals surface area (Å²) in [5.74, 6) is 0.812. The van der Waals surface area contributed by atoms with E-state index in [4.69, 9.17) is 0 Å². The molecule has 0 aromatic heterocycles. The molecular weight excluding hydrogens is 176 g/mol. The van der Waals surface area contributed by atoms with Gasteiger partial charge in [-0.2, -0.15) is 0 Å². The molecule has 0 radical (unpaired) electrons. The molecule has 0 aromatic carbocycles. The minimum absolute atomic E-state index is 0.299. The average Bonchev–Trinajstić information content (AvgIpc) is 2.69. The monoisotopic (exact) mass is 198 g/mol. The Bertz CT molecular complexity index is 188. The van der Waals surface area contributed by atoms with Gasteiger partial charge in [0.05, 0.1) is 0 Å². The maximum atomic E-state index is 11.8. The molecule has 2 unspecified atom stereocenters. The van der Waals surface area contributed by atoms with Crippen molar-refractivity contribution in [1.29, 1.82) is 0 Å². The summed E-state index contributed by atoms with van der Waals surface area (Å²) in [6, 6.07) is 0.423. The normalized spacial score (nSPS) is 23.5. The fourth-order valence-corrected chi connectivity index (χ4v) is 1.76. The molecule has 1 saturated heterocycles. The first-order valence-corrected chi connectivity index (χ1v) is 5.61. The molecule has 3 heteroatoms. The van der Waals surface area contributed by atoms with E-state index < -0.39 is 0 Å². The summed E-state index contributed by atoms with van der Waals surface area (Å²) in [7, 11) is 1.93. The third kappa shape index (κ3) is 2.98. The quantitative estimate of drug-likeness (QED) is 0.737. The van der Waals surface area contributed by atoms with Gasteiger partial charge in [0.25, 0.3) is 0 Å². The number of nitrogens with zero attached hydrogens (tertiary/aromatic N) is 1. The number of carbonyl (C=O) groups excluding carboxylic acids is 1. The molecule has 0 bridgehead atoms. The standard InChI is InChI=1S/C11H22N2O/c1-4-9(2)7-11(14)13(3)10-5-6-12-8-10/h9-10,12H,4-8H2,1-3H3. The van der Waals surface area contributed by atoms with Gasteiger partial charge in [-0.15, -0.1) is 0 Å². The van der Waals surface area contributed by atoms with Gasteiger partial charge in [-0.3, -0.25) is 4.79 Å². The van der Waals surface area contributed by atoms with Crippen LogP contribution in [0, 0.1) is 5.92 Å². The number of likely N-dealkylation sites (N-methyl/N-ethyl adjacent to an activating group) is 1. The highest BCUT2D eigenvalue weighted by atomic mass is 16.2. The van der Waals surface area contributed by atoms with Crippen LogP contribution in [0.1, 0.15) is 33.1 Å². The van der Waals surface area contributed by atoms with Gasteiger partial charge in [0.15, 0.2) is 0 Å². The SMILES string of the molecule is CCC(C)CC(=O)N(C)C1CCNC1. The maximum absolute atomic E-state index is 11.8. The number of amides is 1. The van der Waals surface area contributed by atoms with Gasteiger partial charge in [-0.05, 0) is 18.9 Å². The predicted molar refractivity (Wildman–Crippen MR) is 58.1 cm³/mol. The Kier molecular flexibility index (Phi) is 4.39. The fraction of sp³-hybridized carbons (Fsp3) is 0.909. The largest absolute Gasteiger partial charge is 0.341 e. The lowest BCUT2D eigenvalue weighted by atomic mass is 10.0. The summed E-state index contributed by atoms with van der Waals surface area (Å²) < 4.78 is 0. The van der Waals surface area contributed by atoms with Gasteiger partial charge < -0.3 is 10.2 Å². The smallest absolute Gasteiger partial charge is 0.222 e. The Morgan fingerprint density at radius 1 is 1.64 bits per heavy atom. The van der Waals surface area contributed by atoms with E-state index in [1.165, 1.54) is 0 Å². The summed E-state index contributed by atoms with van der Waals surface area (Å²) in [4.78, 5) is 13.7. The Morgan fingerprint density at radius 2 is 2.36 bits per heavy atom. The van der Waals surface area contributed by atoms with E-state index in [1.807, 2.05) is 11.9 Å². The van der Waals surface area contributed by atoms with Crippen molar-refractivity contribution in [3.63, 3.8) is 0 Å². The molecular formula is C11H22N2O. The third-order valence-electron chi connectivity index (χ3n) is 3.20. The van der Waals surface area contributed by atoms with Gasteiger partial charge in [0.2, 0.25) is 5.91 Å². The molecule has 82 valence electrons. The van der Waals surface area contributed by atoms with E-state index in [2.05, 4.69) is 19.2 Å². The van der Waals surface area contributed by atoms with Gasteiger partial charge in [-0.25, -0.2) is 0 Å². The lowest BCUT2D eigenvalue weighted by molar-refractivity contribution is -0.132. The molecule has 3 nitrogen and oxygen atoms in total. The molecule has 0 spiro atoms. The van der Waals surface area contributed by atoms with Crippen molar-refractivity contribution in [2.45, 2.75) is 39.2 Å². The first-order valence-electron chi connectivity index (χ1n) is 5.61. The highest BCUT2D eigenvalue weighted by Gasteiger charge is 2.23. The van der Waals surface area contributed by atoms with Crippen LogP contribution < -0.4 is 5.32 Å². The van der Waals surface area contributed by atoms with Crippen LogP contribution in [-0.4, -0.2) is 37.0 Å². The molecule has 1 amide bonds. The summed E-state index contributed by atoms with van der Waals surface area (Å²) in [6.45, 7) is 6.28. The summed E-state index contributed by atoms with van der Waals surface area (Å²) in [5.41, 5.74) is 0. The molecule has 1 N–H and O–H groups in total. The lowest BCUT2D eigenvalue weighted by Crippen LogP contribution is -2.38. The third-order valence-corrected chi connectivity index (χ3v) is 3.20. The Morgan fingerprint density at radius 3 is 2.86 bits per heavy atom. The van der Waals surface area contributed by atoms with Crippen LogP contribution in [-0.2, 0) is 4.79 Å². The molecule has 1 fully saturated rings. The molecule has 14 heavy (non-hydrogen) atoms. The minimum Gasteiger partial charge on any atom is -0.341 e. The fourth-order valence-electron chi connectivity index (χ4n) is 1.76. The first kappa shape index (κ1) is 11.5. The van der Waals surface area contributed by atoms with Crippen LogP contribution in [0.5, 0.6) is 0 Å². The predicted octanol–water partition coefficient (Wildman–Crippen LogP) is 1.24. The molecule has 0 aromatic rings. The number of hydrogen-bond donors (Lipinski definition) is 1. The number of nitrogens with one attached hydrogen (secondary N) is 1. The van der Waals surface area contributed by atoms with Crippen molar-refractivity contribution < 1.29 is 4.79 Å². The molecule has 2 atom stereocenters. The number of rotatable bonds is 4. The Labute approximate surface area is 86.9 Å². The van der Waals surface area contributed by atoms with E-state index >= 15 is 0 Å². The van der Waals surface area contributed by atoms with E-state index in [-0.39, 0.29) is 0 Å². The zero-order valence-electron chi connectivity index (χ0n) is 9.55. The average molecular weight is 198 g/mol. The highest BCUT2D eigenvalue weighted by Crippen LogP contribution is 2.12. The van der Waals surface area contributed by atoms with Gasteiger partial charge in [0.1, 0.15) is 0 Å². The van der Waals surface area contributed by atoms with Crippen LogP contribution in [0.25, 0.3) is 0 Å². The topological polar surface area (TPSA) is 32.3 Å². The van der Waals surface area contributed by atoms with Crippen LogP contribution in [0.4, 0.5) is 0 Å².